The Morgan fingerprint density at radius 3 is 2.56 bits per heavy atom. The van der Waals surface area contributed by atoms with Gasteiger partial charge in [0.25, 0.3) is 0 Å². The van der Waals surface area contributed by atoms with Gasteiger partial charge in [0.2, 0.25) is 0 Å². The fourth-order valence-electron chi connectivity index (χ4n) is 3.09. The predicted molar refractivity (Wildman–Crippen MR) is 77.5 cm³/mol. The fourth-order valence-corrected chi connectivity index (χ4v) is 4.13. The Morgan fingerprint density at radius 2 is 2.00 bits per heavy atom. The van der Waals surface area contributed by atoms with Gasteiger partial charge in [-0.15, -0.1) is 0 Å². The lowest BCUT2D eigenvalue weighted by molar-refractivity contribution is 0.217. The highest BCUT2D eigenvalue weighted by molar-refractivity contribution is 7.90. The van der Waals surface area contributed by atoms with E-state index in [9.17, 15) is 8.42 Å². The summed E-state index contributed by atoms with van der Waals surface area (Å²) in [4.78, 5) is 0. The van der Waals surface area contributed by atoms with Crippen LogP contribution in [0.5, 0.6) is 0 Å². The van der Waals surface area contributed by atoms with E-state index < -0.39 is 9.84 Å². The zero-order chi connectivity index (χ0) is 13.6. The molecule has 1 aliphatic carbocycles. The maximum atomic E-state index is 11.6. The number of sulfone groups is 1. The smallest absolute Gasteiger partial charge is 0.148 e. The van der Waals surface area contributed by atoms with Crippen molar-refractivity contribution >= 4 is 9.84 Å². The number of hydrogen-bond acceptors (Lipinski definition) is 3. The van der Waals surface area contributed by atoms with Gasteiger partial charge in [0.1, 0.15) is 9.84 Å². The lowest BCUT2D eigenvalue weighted by Gasteiger charge is -2.34. The second kappa shape index (κ2) is 7.49. The van der Waals surface area contributed by atoms with Crippen LogP contribution in [-0.4, -0.2) is 33.0 Å². The van der Waals surface area contributed by atoms with Gasteiger partial charge in [-0.05, 0) is 37.6 Å². The topological polar surface area (TPSA) is 46.2 Å². The van der Waals surface area contributed by atoms with Crippen molar-refractivity contribution in [2.45, 2.75) is 58.4 Å². The van der Waals surface area contributed by atoms with E-state index in [-0.39, 0.29) is 6.04 Å². The summed E-state index contributed by atoms with van der Waals surface area (Å²) in [5.41, 5.74) is 0. The molecule has 1 N–H and O–H groups in total. The molecule has 3 atom stereocenters. The van der Waals surface area contributed by atoms with Crippen LogP contribution >= 0.6 is 0 Å². The van der Waals surface area contributed by atoms with E-state index >= 15 is 0 Å². The minimum Gasteiger partial charge on any atom is -0.313 e. The maximum Gasteiger partial charge on any atom is 0.148 e. The van der Waals surface area contributed by atoms with Crippen LogP contribution in [0.3, 0.4) is 0 Å². The molecule has 0 radical (unpaired) electrons. The number of rotatable bonds is 7. The van der Waals surface area contributed by atoms with Gasteiger partial charge < -0.3 is 5.32 Å². The van der Waals surface area contributed by atoms with E-state index in [1.807, 2.05) is 0 Å². The van der Waals surface area contributed by atoms with Gasteiger partial charge in [-0.3, -0.25) is 0 Å². The van der Waals surface area contributed by atoms with Gasteiger partial charge in [0, 0.05) is 12.3 Å². The van der Waals surface area contributed by atoms with Crippen molar-refractivity contribution in [2.24, 2.45) is 11.8 Å². The first-order chi connectivity index (χ1) is 8.46. The molecule has 0 aromatic carbocycles. The van der Waals surface area contributed by atoms with Crippen molar-refractivity contribution in [1.82, 2.24) is 5.32 Å². The van der Waals surface area contributed by atoms with E-state index in [1.165, 1.54) is 38.4 Å². The zero-order valence-electron chi connectivity index (χ0n) is 12.1. The molecule has 0 aromatic rings. The highest BCUT2D eigenvalue weighted by atomic mass is 32.2. The molecule has 0 aromatic heterocycles. The Hall–Kier alpha value is -0.0900. The molecular weight excluding hydrogens is 246 g/mol. The molecule has 108 valence electrons. The second-order valence-electron chi connectivity index (χ2n) is 5.85. The molecule has 1 fully saturated rings. The molecule has 3 nitrogen and oxygen atoms in total. The predicted octanol–water partition coefficient (Wildman–Crippen LogP) is 2.62. The van der Waals surface area contributed by atoms with E-state index in [0.717, 1.165) is 18.9 Å². The normalized spacial score (nSPS) is 27.1. The second-order valence-corrected chi connectivity index (χ2v) is 8.04. The van der Waals surface area contributed by atoms with Crippen LogP contribution in [0.4, 0.5) is 0 Å². The van der Waals surface area contributed by atoms with Gasteiger partial charge in [-0.1, -0.05) is 33.1 Å². The summed E-state index contributed by atoms with van der Waals surface area (Å²) < 4.78 is 23.1. The Balaban J connectivity index is 2.62. The van der Waals surface area contributed by atoms with Gasteiger partial charge >= 0.3 is 0 Å². The molecule has 1 aliphatic rings. The van der Waals surface area contributed by atoms with Crippen molar-refractivity contribution in [3.05, 3.63) is 0 Å². The highest BCUT2D eigenvalue weighted by Crippen LogP contribution is 2.33. The average Bonchev–Trinajstić information content (AvgIpc) is 2.33. The van der Waals surface area contributed by atoms with Gasteiger partial charge in [0.15, 0.2) is 0 Å². The van der Waals surface area contributed by atoms with Crippen molar-refractivity contribution in [1.29, 1.82) is 0 Å². The summed E-state index contributed by atoms with van der Waals surface area (Å²) in [6, 6.07) is 0.161. The Kier molecular flexibility index (Phi) is 6.64. The Labute approximate surface area is 113 Å². The third-order valence-electron chi connectivity index (χ3n) is 4.11. The van der Waals surface area contributed by atoms with Crippen LogP contribution in [0.2, 0.25) is 0 Å². The Morgan fingerprint density at radius 1 is 1.28 bits per heavy atom. The van der Waals surface area contributed by atoms with E-state index in [2.05, 4.69) is 19.2 Å². The van der Waals surface area contributed by atoms with Crippen LogP contribution in [0, 0.1) is 11.8 Å². The average molecular weight is 275 g/mol. The molecule has 0 spiro atoms. The molecule has 1 saturated carbocycles. The number of nitrogens with one attached hydrogen (secondary N) is 1. The van der Waals surface area contributed by atoms with Crippen LogP contribution in [0.25, 0.3) is 0 Å². The molecule has 4 heteroatoms. The van der Waals surface area contributed by atoms with E-state index in [1.54, 1.807) is 0 Å². The summed E-state index contributed by atoms with van der Waals surface area (Å²) in [7, 11) is -2.89. The SMILES string of the molecule is CCCNC(CS(C)(=O)=O)C1CCCC(CC)C1. The molecular formula is C14H29NO2S. The molecule has 1 rings (SSSR count). The van der Waals surface area contributed by atoms with Gasteiger partial charge in [-0.25, -0.2) is 8.42 Å². The summed E-state index contributed by atoms with van der Waals surface area (Å²) in [6.07, 6.45) is 8.62. The third-order valence-corrected chi connectivity index (χ3v) is 5.07. The van der Waals surface area contributed by atoms with E-state index in [0.29, 0.717) is 11.7 Å². The first-order valence-electron chi connectivity index (χ1n) is 7.37. The van der Waals surface area contributed by atoms with Crippen LogP contribution < -0.4 is 5.32 Å². The van der Waals surface area contributed by atoms with Crippen LogP contribution in [0.1, 0.15) is 52.4 Å². The summed E-state index contributed by atoms with van der Waals surface area (Å²) in [5, 5.41) is 3.46. The van der Waals surface area contributed by atoms with Crippen LogP contribution in [-0.2, 0) is 9.84 Å². The standard InChI is InChI=1S/C14H29NO2S/c1-4-9-15-14(11-18(3,16)17)13-8-6-7-12(5-2)10-13/h12-15H,4-11H2,1-3H3. The van der Waals surface area contributed by atoms with Gasteiger partial charge in [-0.2, -0.15) is 0 Å². The minimum atomic E-state index is -2.89. The van der Waals surface area contributed by atoms with Gasteiger partial charge in [0.05, 0.1) is 5.75 Å². The summed E-state index contributed by atoms with van der Waals surface area (Å²) in [5.74, 6) is 1.65. The first-order valence-corrected chi connectivity index (χ1v) is 9.43. The number of hydrogen-bond donors (Lipinski definition) is 1. The molecule has 3 unspecified atom stereocenters. The summed E-state index contributed by atoms with van der Waals surface area (Å²) in [6.45, 7) is 5.30. The lowest BCUT2D eigenvalue weighted by atomic mass is 9.77. The van der Waals surface area contributed by atoms with Crippen molar-refractivity contribution in [3.8, 4) is 0 Å². The summed E-state index contributed by atoms with van der Waals surface area (Å²) >= 11 is 0. The molecule has 0 heterocycles. The van der Waals surface area contributed by atoms with E-state index in [4.69, 9.17) is 0 Å². The zero-order valence-corrected chi connectivity index (χ0v) is 12.9. The lowest BCUT2D eigenvalue weighted by Crippen LogP contribution is -2.43. The molecule has 0 amide bonds. The van der Waals surface area contributed by atoms with Crippen molar-refractivity contribution < 1.29 is 8.42 Å². The quantitative estimate of drug-likeness (QED) is 0.777. The monoisotopic (exact) mass is 275 g/mol. The maximum absolute atomic E-state index is 11.6. The largest absolute Gasteiger partial charge is 0.313 e. The molecule has 0 saturated heterocycles. The fraction of sp³-hybridized carbons (Fsp3) is 1.00. The molecule has 18 heavy (non-hydrogen) atoms. The van der Waals surface area contributed by atoms with Crippen LogP contribution in [0.15, 0.2) is 0 Å². The van der Waals surface area contributed by atoms with Crippen molar-refractivity contribution in [3.63, 3.8) is 0 Å². The Bertz CT molecular complexity index is 327. The highest BCUT2D eigenvalue weighted by Gasteiger charge is 2.29. The van der Waals surface area contributed by atoms with Crippen molar-refractivity contribution in [2.75, 3.05) is 18.6 Å². The minimum absolute atomic E-state index is 0.161. The molecule has 0 bridgehead atoms. The first kappa shape index (κ1) is 16.0. The molecule has 0 aliphatic heterocycles. The third kappa shape index (κ3) is 5.70.